The van der Waals surface area contributed by atoms with Crippen LogP contribution < -0.4 is 9.64 Å². The van der Waals surface area contributed by atoms with Gasteiger partial charge < -0.3 is 25.0 Å². The molecule has 0 radical (unpaired) electrons. The van der Waals surface area contributed by atoms with E-state index in [4.69, 9.17) is 4.74 Å². The van der Waals surface area contributed by atoms with Gasteiger partial charge in [0.2, 0.25) is 0 Å². The summed E-state index contributed by atoms with van der Waals surface area (Å²) < 4.78 is 6.02. The molecule has 0 atom stereocenters. The Kier molecular flexibility index (Phi) is 6.12. The maximum atomic E-state index is 11.0. The van der Waals surface area contributed by atoms with Crippen LogP contribution in [0, 0.1) is 34.6 Å². The van der Waals surface area contributed by atoms with Gasteiger partial charge in [0.1, 0.15) is 28.7 Å². The second kappa shape index (κ2) is 9.02. The first-order valence-corrected chi connectivity index (χ1v) is 11.1. The topological polar surface area (TPSA) is 73.2 Å². The van der Waals surface area contributed by atoms with Gasteiger partial charge in [-0.3, -0.25) is 0 Å². The van der Waals surface area contributed by atoms with Crippen molar-refractivity contribution in [3.63, 3.8) is 0 Å². The Morgan fingerprint density at radius 3 is 1.65 bits per heavy atom. The summed E-state index contributed by atoms with van der Waals surface area (Å²) in [5.41, 5.74) is 6.26. The molecule has 4 aromatic carbocycles. The molecule has 0 aromatic heterocycles. The number of anilines is 3. The van der Waals surface area contributed by atoms with Gasteiger partial charge in [-0.05, 0) is 92.8 Å². The summed E-state index contributed by atoms with van der Waals surface area (Å²) in [6.07, 6.45) is 0. The molecule has 0 fully saturated rings. The number of ether oxygens (including phenoxy) is 1. The zero-order valence-electron chi connectivity index (χ0n) is 20.0. The summed E-state index contributed by atoms with van der Waals surface area (Å²) in [7, 11) is 0. The van der Waals surface area contributed by atoms with Crippen molar-refractivity contribution in [3.05, 3.63) is 94.5 Å². The number of hydrogen-bond acceptors (Lipinski definition) is 5. The number of phenolic OH excluding ortho intramolecular Hbond substituents is 3. The molecule has 5 heteroatoms. The van der Waals surface area contributed by atoms with Gasteiger partial charge in [-0.15, -0.1) is 0 Å². The van der Waals surface area contributed by atoms with Gasteiger partial charge in [0, 0.05) is 12.1 Å². The van der Waals surface area contributed by atoms with Crippen LogP contribution in [0.15, 0.2) is 66.7 Å². The van der Waals surface area contributed by atoms with Crippen LogP contribution in [-0.2, 0) is 0 Å². The molecule has 5 nitrogen and oxygen atoms in total. The minimum absolute atomic E-state index is 0.117. The van der Waals surface area contributed by atoms with Gasteiger partial charge in [0.05, 0.1) is 17.1 Å². The lowest BCUT2D eigenvalue weighted by Crippen LogP contribution is -2.13. The fourth-order valence-electron chi connectivity index (χ4n) is 4.30. The van der Waals surface area contributed by atoms with Crippen LogP contribution in [0.5, 0.6) is 28.7 Å². The molecule has 4 aromatic rings. The highest BCUT2D eigenvalue weighted by Crippen LogP contribution is 2.48. The summed E-state index contributed by atoms with van der Waals surface area (Å²) in [6.45, 7) is 9.56. The molecule has 0 saturated carbocycles. The summed E-state index contributed by atoms with van der Waals surface area (Å²) in [5, 5.41) is 32.0. The van der Waals surface area contributed by atoms with Gasteiger partial charge in [-0.2, -0.15) is 0 Å². The first kappa shape index (κ1) is 23.1. The second-order valence-electron chi connectivity index (χ2n) is 8.78. The Hall–Kier alpha value is -4.12. The van der Waals surface area contributed by atoms with Gasteiger partial charge in [0.25, 0.3) is 0 Å². The normalized spacial score (nSPS) is 10.9. The smallest absolute Gasteiger partial charge is 0.140 e. The molecule has 0 spiro atoms. The average molecular weight is 456 g/mol. The largest absolute Gasteiger partial charge is 0.508 e. The van der Waals surface area contributed by atoms with E-state index in [0.29, 0.717) is 28.6 Å². The molecule has 174 valence electrons. The van der Waals surface area contributed by atoms with Crippen molar-refractivity contribution in [1.29, 1.82) is 0 Å². The van der Waals surface area contributed by atoms with E-state index < -0.39 is 0 Å². The second-order valence-corrected chi connectivity index (χ2v) is 8.78. The number of hydrogen-bond donors (Lipinski definition) is 3. The molecule has 0 aliphatic heterocycles. The van der Waals surface area contributed by atoms with Crippen molar-refractivity contribution in [3.8, 4) is 28.7 Å². The molecule has 0 heterocycles. The van der Waals surface area contributed by atoms with Gasteiger partial charge in [-0.25, -0.2) is 0 Å². The Morgan fingerprint density at radius 1 is 0.559 bits per heavy atom. The quantitative estimate of drug-likeness (QED) is 0.289. The van der Waals surface area contributed by atoms with Crippen LogP contribution in [-0.4, -0.2) is 15.3 Å². The molecule has 0 aliphatic rings. The highest BCUT2D eigenvalue weighted by Gasteiger charge is 2.24. The Labute approximate surface area is 200 Å². The third-order valence-electron chi connectivity index (χ3n) is 5.79. The number of aromatic hydroxyl groups is 3. The predicted octanol–water partition coefficient (Wildman–Crippen LogP) is 7.61. The Balaban J connectivity index is 1.89. The summed E-state index contributed by atoms with van der Waals surface area (Å²) >= 11 is 0. The van der Waals surface area contributed by atoms with Gasteiger partial charge in [0.15, 0.2) is 0 Å². The molecular weight excluding hydrogens is 426 g/mol. The van der Waals surface area contributed by atoms with Crippen molar-refractivity contribution in [2.45, 2.75) is 34.6 Å². The van der Waals surface area contributed by atoms with E-state index in [2.05, 4.69) is 0 Å². The highest BCUT2D eigenvalue weighted by molar-refractivity contribution is 5.86. The minimum atomic E-state index is 0.117. The Bertz CT molecular complexity index is 1270. The van der Waals surface area contributed by atoms with Gasteiger partial charge >= 0.3 is 0 Å². The molecule has 0 aliphatic carbocycles. The first-order valence-electron chi connectivity index (χ1n) is 11.1. The number of aryl methyl sites for hydroxylation is 5. The van der Waals surface area contributed by atoms with Crippen molar-refractivity contribution < 1.29 is 20.1 Å². The lowest BCUT2D eigenvalue weighted by Gasteiger charge is -2.30. The van der Waals surface area contributed by atoms with Crippen LogP contribution >= 0.6 is 0 Å². The average Bonchev–Trinajstić information content (AvgIpc) is 2.74. The monoisotopic (exact) mass is 455 g/mol. The number of nitrogens with zero attached hydrogens (tertiary/aromatic N) is 1. The zero-order valence-corrected chi connectivity index (χ0v) is 20.0. The van der Waals surface area contributed by atoms with Crippen LogP contribution in [0.25, 0.3) is 0 Å². The molecule has 4 rings (SSSR count). The highest BCUT2D eigenvalue weighted by atomic mass is 16.5. The SMILES string of the molecule is Cc1cc(C)c(N(c2cccc(Oc3ccc(C)c(O)c3)c2)c2c(C)cc(C)cc2O)c(O)c1. The molecule has 0 unspecified atom stereocenters. The van der Waals surface area contributed by atoms with Crippen molar-refractivity contribution in [2.24, 2.45) is 0 Å². The van der Waals surface area contributed by atoms with Crippen LogP contribution in [0.3, 0.4) is 0 Å². The lowest BCUT2D eigenvalue weighted by molar-refractivity contribution is 0.452. The molecule has 0 bridgehead atoms. The number of phenols is 3. The molecular formula is C29H29NO4. The van der Waals surface area contributed by atoms with E-state index in [1.165, 1.54) is 0 Å². The molecule has 0 saturated heterocycles. The van der Waals surface area contributed by atoms with Crippen molar-refractivity contribution in [1.82, 2.24) is 0 Å². The van der Waals surface area contributed by atoms with Gasteiger partial charge in [-0.1, -0.05) is 24.3 Å². The Morgan fingerprint density at radius 2 is 1.12 bits per heavy atom. The van der Waals surface area contributed by atoms with Crippen molar-refractivity contribution in [2.75, 3.05) is 4.90 Å². The zero-order chi connectivity index (χ0) is 24.6. The van der Waals surface area contributed by atoms with E-state index in [0.717, 1.165) is 27.8 Å². The number of rotatable bonds is 5. The fourth-order valence-corrected chi connectivity index (χ4v) is 4.30. The lowest BCUT2D eigenvalue weighted by atomic mass is 10.0. The van der Waals surface area contributed by atoms with Crippen LogP contribution in [0.4, 0.5) is 17.1 Å². The maximum Gasteiger partial charge on any atom is 0.140 e. The third kappa shape index (κ3) is 4.50. The summed E-state index contributed by atoms with van der Waals surface area (Å²) in [6, 6.07) is 20.0. The number of benzene rings is 4. The van der Waals surface area contributed by atoms with Crippen molar-refractivity contribution >= 4 is 17.1 Å². The standard InChI is InChI=1S/C29H29NO4/c1-17-11-20(4)28(26(32)13-17)30(29-21(5)12-18(2)14-27(29)33)22-7-6-8-23(15-22)34-24-10-9-19(3)25(31)16-24/h6-16,31-33H,1-5H3. The van der Waals surface area contributed by atoms with E-state index in [9.17, 15) is 15.3 Å². The van der Waals surface area contributed by atoms with E-state index in [-0.39, 0.29) is 17.2 Å². The fraction of sp³-hybridized carbons (Fsp3) is 0.172. The maximum absolute atomic E-state index is 11.0. The van der Waals surface area contributed by atoms with E-state index in [1.54, 1.807) is 30.3 Å². The minimum Gasteiger partial charge on any atom is -0.508 e. The summed E-state index contributed by atoms with van der Waals surface area (Å²) in [4.78, 5) is 1.85. The van der Waals surface area contributed by atoms with E-state index in [1.807, 2.05) is 75.9 Å². The molecule has 3 N–H and O–H groups in total. The molecule has 0 amide bonds. The predicted molar refractivity (Wildman–Crippen MR) is 136 cm³/mol. The third-order valence-corrected chi connectivity index (χ3v) is 5.79. The van der Waals surface area contributed by atoms with Crippen LogP contribution in [0.2, 0.25) is 0 Å². The van der Waals surface area contributed by atoms with Crippen LogP contribution in [0.1, 0.15) is 27.8 Å². The summed E-state index contributed by atoms with van der Waals surface area (Å²) in [5.74, 6) is 1.46. The van der Waals surface area contributed by atoms with E-state index >= 15 is 0 Å². The molecule has 34 heavy (non-hydrogen) atoms. The first-order chi connectivity index (χ1) is 16.1.